The van der Waals surface area contributed by atoms with Gasteiger partial charge in [0.2, 0.25) is 11.8 Å². The molecule has 2 aromatic rings. The molecule has 0 spiro atoms. The predicted molar refractivity (Wildman–Crippen MR) is 121 cm³/mol. The quantitative estimate of drug-likeness (QED) is 0.526. The molecule has 2 aromatic carbocycles. The van der Waals surface area contributed by atoms with E-state index in [0.717, 1.165) is 12.1 Å². The smallest absolute Gasteiger partial charge is 0.319 e. The maximum Gasteiger partial charge on any atom is 0.319 e. The normalized spacial score (nSPS) is 18.4. The molecule has 164 valence electrons. The Morgan fingerprint density at radius 2 is 1.74 bits per heavy atom. The number of primary amides is 1. The van der Waals surface area contributed by atoms with Crippen LogP contribution >= 0.6 is 11.6 Å². The van der Waals surface area contributed by atoms with Crippen LogP contribution < -0.4 is 21.7 Å². The molecule has 1 aliphatic rings. The third-order valence-corrected chi connectivity index (χ3v) is 5.43. The lowest BCUT2D eigenvalue weighted by molar-refractivity contribution is -0.120. The van der Waals surface area contributed by atoms with Gasteiger partial charge in [0.1, 0.15) is 0 Å². The molecule has 9 heteroatoms. The molecule has 1 fully saturated rings. The highest BCUT2D eigenvalue weighted by atomic mass is 35.5. The summed E-state index contributed by atoms with van der Waals surface area (Å²) in [4.78, 5) is 37.8. The number of anilines is 2. The highest BCUT2D eigenvalue weighted by molar-refractivity contribution is 6.30. The Hall–Kier alpha value is -3.10. The SMILES string of the molecule is CN1C[C@@H](C(=O)Nc2cccc(NC(=O)NCCC(N)=O)c2)[C@H](c2ccc(Cl)cc2)C1. The molecule has 0 unspecified atom stereocenters. The summed E-state index contributed by atoms with van der Waals surface area (Å²) in [6.07, 6.45) is 0.0636. The molecule has 8 nitrogen and oxygen atoms in total. The number of hydrogen-bond acceptors (Lipinski definition) is 4. The van der Waals surface area contributed by atoms with Gasteiger partial charge in [0.05, 0.1) is 5.92 Å². The minimum atomic E-state index is -0.487. The first-order valence-corrected chi connectivity index (χ1v) is 10.4. The van der Waals surface area contributed by atoms with Crippen molar-refractivity contribution in [2.45, 2.75) is 12.3 Å². The van der Waals surface area contributed by atoms with E-state index in [4.69, 9.17) is 17.3 Å². The zero-order chi connectivity index (χ0) is 22.4. The molecular formula is C22H26ClN5O3. The van der Waals surface area contributed by atoms with Crippen molar-refractivity contribution in [2.75, 3.05) is 37.3 Å². The molecular weight excluding hydrogens is 418 g/mol. The Kier molecular flexibility index (Phi) is 7.49. The van der Waals surface area contributed by atoms with Gasteiger partial charge in [0.25, 0.3) is 0 Å². The van der Waals surface area contributed by atoms with Crippen LogP contribution in [0, 0.1) is 5.92 Å². The minimum Gasteiger partial charge on any atom is -0.370 e. The van der Waals surface area contributed by atoms with Crippen LogP contribution in [0.15, 0.2) is 48.5 Å². The number of nitrogens with two attached hydrogens (primary N) is 1. The van der Waals surface area contributed by atoms with Crippen molar-refractivity contribution < 1.29 is 14.4 Å². The van der Waals surface area contributed by atoms with Crippen LogP contribution in [0.3, 0.4) is 0 Å². The summed E-state index contributed by atoms with van der Waals surface area (Å²) in [7, 11) is 2.00. The molecule has 3 rings (SSSR count). The number of nitrogens with zero attached hydrogens (tertiary/aromatic N) is 1. The van der Waals surface area contributed by atoms with E-state index in [1.807, 2.05) is 31.3 Å². The van der Waals surface area contributed by atoms with Gasteiger partial charge in [0.15, 0.2) is 0 Å². The largest absolute Gasteiger partial charge is 0.370 e. The lowest BCUT2D eigenvalue weighted by atomic mass is 9.88. The van der Waals surface area contributed by atoms with E-state index >= 15 is 0 Å². The fourth-order valence-corrected chi connectivity index (χ4v) is 3.82. The van der Waals surface area contributed by atoms with E-state index in [2.05, 4.69) is 20.9 Å². The molecule has 4 amide bonds. The third kappa shape index (κ3) is 6.44. The van der Waals surface area contributed by atoms with Gasteiger partial charge in [-0.05, 0) is 42.9 Å². The summed E-state index contributed by atoms with van der Waals surface area (Å²) < 4.78 is 0. The number of likely N-dealkylation sites (tertiary alicyclic amines) is 1. The summed E-state index contributed by atoms with van der Waals surface area (Å²) >= 11 is 6.00. The van der Waals surface area contributed by atoms with Crippen LogP contribution in [-0.2, 0) is 9.59 Å². The van der Waals surface area contributed by atoms with Gasteiger partial charge >= 0.3 is 6.03 Å². The Morgan fingerprint density at radius 1 is 1.06 bits per heavy atom. The number of halogens is 1. The number of nitrogens with one attached hydrogen (secondary N) is 3. The van der Waals surface area contributed by atoms with E-state index in [-0.39, 0.29) is 30.7 Å². The van der Waals surface area contributed by atoms with Crippen LogP contribution in [0.5, 0.6) is 0 Å². The predicted octanol–water partition coefficient (Wildman–Crippen LogP) is 2.62. The van der Waals surface area contributed by atoms with Crippen molar-refractivity contribution in [3.05, 3.63) is 59.1 Å². The lowest BCUT2D eigenvalue weighted by Gasteiger charge is -2.19. The van der Waals surface area contributed by atoms with Crippen molar-refractivity contribution in [1.82, 2.24) is 10.2 Å². The average molecular weight is 444 g/mol. The molecule has 0 saturated carbocycles. The van der Waals surface area contributed by atoms with E-state index in [9.17, 15) is 14.4 Å². The highest BCUT2D eigenvalue weighted by Gasteiger charge is 2.37. The van der Waals surface area contributed by atoms with Crippen molar-refractivity contribution in [1.29, 1.82) is 0 Å². The zero-order valence-corrected chi connectivity index (χ0v) is 18.0. The second-order valence-corrected chi connectivity index (χ2v) is 8.09. The summed E-state index contributed by atoms with van der Waals surface area (Å²) in [6.45, 7) is 1.59. The summed E-state index contributed by atoms with van der Waals surface area (Å²) in [5.41, 5.74) is 7.24. The molecule has 1 saturated heterocycles. The number of carbonyl (C=O) groups is 3. The van der Waals surface area contributed by atoms with Gasteiger partial charge in [-0.3, -0.25) is 9.59 Å². The number of urea groups is 1. The standard InChI is InChI=1S/C22H26ClN5O3/c1-28-12-18(14-5-7-15(23)8-6-14)19(13-28)21(30)26-16-3-2-4-17(11-16)27-22(31)25-10-9-20(24)29/h2-8,11,18-19H,9-10,12-13H2,1H3,(H2,24,29)(H,26,30)(H2,25,27,31)/t18-,19+/m0/s1. The van der Waals surface area contributed by atoms with Crippen LogP contribution in [0.4, 0.5) is 16.2 Å². The van der Waals surface area contributed by atoms with Crippen LogP contribution in [0.2, 0.25) is 5.02 Å². The van der Waals surface area contributed by atoms with Gasteiger partial charge in [-0.2, -0.15) is 0 Å². The average Bonchev–Trinajstić information content (AvgIpc) is 3.10. The van der Waals surface area contributed by atoms with Crippen LogP contribution in [0.1, 0.15) is 17.9 Å². The third-order valence-electron chi connectivity index (χ3n) is 5.18. The number of rotatable bonds is 7. The van der Waals surface area contributed by atoms with Crippen molar-refractivity contribution in [3.63, 3.8) is 0 Å². The topological polar surface area (TPSA) is 117 Å². The Bertz CT molecular complexity index is 950. The Labute approximate surface area is 186 Å². The molecule has 0 aliphatic carbocycles. The number of amides is 4. The van der Waals surface area contributed by atoms with Gasteiger partial charge in [0, 0.05) is 48.4 Å². The molecule has 0 aromatic heterocycles. The van der Waals surface area contributed by atoms with Gasteiger partial charge in [-0.1, -0.05) is 29.8 Å². The first-order valence-electron chi connectivity index (χ1n) is 10.00. The molecule has 0 bridgehead atoms. The lowest BCUT2D eigenvalue weighted by Crippen LogP contribution is -2.31. The highest BCUT2D eigenvalue weighted by Crippen LogP contribution is 2.33. The summed E-state index contributed by atoms with van der Waals surface area (Å²) in [6, 6.07) is 14.1. The molecule has 5 N–H and O–H groups in total. The maximum absolute atomic E-state index is 13.0. The molecule has 31 heavy (non-hydrogen) atoms. The molecule has 1 aliphatic heterocycles. The fourth-order valence-electron chi connectivity index (χ4n) is 3.70. The molecule has 0 radical (unpaired) electrons. The van der Waals surface area contributed by atoms with E-state index in [0.29, 0.717) is 22.9 Å². The van der Waals surface area contributed by atoms with E-state index in [1.54, 1.807) is 24.3 Å². The fraction of sp³-hybridized carbons (Fsp3) is 0.318. The number of likely N-dealkylation sites (N-methyl/N-ethyl adjacent to an activating group) is 1. The molecule has 1 heterocycles. The van der Waals surface area contributed by atoms with E-state index in [1.165, 1.54) is 0 Å². The Balaban J connectivity index is 1.63. The Morgan fingerprint density at radius 3 is 2.42 bits per heavy atom. The maximum atomic E-state index is 13.0. The first kappa shape index (κ1) is 22.6. The van der Waals surface area contributed by atoms with Crippen molar-refractivity contribution in [3.8, 4) is 0 Å². The van der Waals surface area contributed by atoms with E-state index < -0.39 is 11.9 Å². The van der Waals surface area contributed by atoms with Crippen LogP contribution in [0.25, 0.3) is 0 Å². The summed E-state index contributed by atoms with van der Waals surface area (Å²) in [5, 5.41) is 8.85. The number of hydrogen-bond donors (Lipinski definition) is 4. The van der Waals surface area contributed by atoms with Crippen molar-refractivity contribution in [2.24, 2.45) is 11.7 Å². The summed E-state index contributed by atoms with van der Waals surface area (Å²) in [5.74, 6) is -0.702. The van der Waals surface area contributed by atoms with Crippen LogP contribution in [-0.4, -0.2) is 49.4 Å². The second-order valence-electron chi connectivity index (χ2n) is 7.65. The first-order chi connectivity index (χ1) is 14.8. The minimum absolute atomic E-state index is 0.0636. The number of carbonyl (C=O) groups excluding carboxylic acids is 3. The monoisotopic (exact) mass is 443 g/mol. The van der Waals surface area contributed by atoms with Gasteiger partial charge < -0.3 is 26.6 Å². The number of benzene rings is 2. The van der Waals surface area contributed by atoms with Gasteiger partial charge in [-0.25, -0.2) is 4.79 Å². The molecule has 2 atom stereocenters. The second kappa shape index (κ2) is 10.3. The van der Waals surface area contributed by atoms with Crippen molar-refractivity contribution >= 4 is 40.8 Å². The van der Waals surface area contributed by atoms with Gasteiger partial charge in [-0.15, -0.1) is 0 Å². The zero-order valence-electron chi connectivity index (χ0n) is 17.2.